The minimum atomic E-state index is -0.0308. The van der Waals surface area contributed by atoms with E-state index in [-0.39, 0.29) is 17.9 Å². The molecule has 7 heterocycles. The van der Waals surface area contributed by atoms with E-state index >= 15 is 0 Å². The first kappa shape index (κ1) is 51.4. The summed E-state index contributed by atoms with van der Waals surface area (Å²) in [4.78, 5) is 42.9. The van der Waals surface area contributed by atoms with Crippen molar-refractivity contribution in [2.24, 2.45) is 0 Å². The van der Waals surface area contributed by atoms with Crippen molar-refractivity contribution >= 4 is 29.0 Å². The van der Waals surface area contributed by atoms with E-state index in [1.807, 2.05) is 85.1 Å². The Kier molecular flexibility index (Phi) is 15.2. The van der Waals surface area contributed by atoms with Crippen LogP contribution in [-0.4, -0.2) is 70.9 Å². The number of ether oxygens (including phenoxy) is 2. The molecule has 6 aromatic carbocycles. The molecule has 79 heavy (non-hydrogen) atoms. The van der Waals surface area contributed by atoms with Gasteiger partial charge in [-0.15, -0.1) is 0 Å². The highest BCUT2D eigenvalue weighted by Gasteiger charge is 2.35. The lowest BCUT2D eigenvalue weighted by Gasteiger charge is -2.35. The average molecular weight is 1050 g/mol. The Morgan fingerprint density at radius 1 is 0.684 bits per heavy atom. The van der Waals surface area contributed by atoms with Gasteiger partial charge in [-0.3, -0.25) is 9.20 Å². The number of carbonyl (C=O) groups is 1. The first-order valence-electron chi connectivity index (χ1n) is 28.6. The number of aromatic hydroxyl groups is 1. The molecule has 0 spiro atoms. The number of aryl methyl sites for hydroxylation is 2. The van der Waals surface area contributed by atoms with Crippen molar-refractivity contribution in [2.45, 2.75) is 103 Å². The van der Waals surface area contributed by atoms with Crippen molar-refractivity contribution in [3.8, 4) is 34.4 Å². The average Bonchev–Trinajstić information content (AvgIpc) is 3.85. The molecule has 0 atom stereocenters. The van der Waals surface area contributed by atoms with Crippen LogP contribution in [-0.2, 0) is 48.1 Å². The molecule has 0 aliphatic carbocycles. The number of nitrogens with zero attached hydrogens (tertiary/aromatic N) is 5. The number of carbonyl (C=O) groups excluding carboxylic acids is 3. The lowest BCUT2D eigenvalue weighted by atomic mass is 9.84. The number of aromatic nitrogens is 3. The van der Waals surface area contributed by atoms with Crippen LogP contribution < -0.4 is 34.8 Å². The molecule has 0 fully saturated rings. The predicted octanol–water partition coefficient (Wildman–Crippen LogP) is 10.3. The molecule has 1 amide bonds. The summed E-state index contributed by atoms with van der Waals surface area (Å²) < 4.78 is 18.0. The van der Waals surface area contributed by atoms with Gasteiger partial charge in [0.25, 0.3) is 5.91 Å². The number of amides is 1. The Morgan fingerprint density at radius 3 is 2.29 bits per heavy atom. The fourth-order valence-electron chi connectivity index (χ4n) is 12.9. The summed E-state index contributed by atoms with van der Waals surface area (Å²) in [7, 11) is 0. The number of hydrogen-bond acceptors (Lipinski definition) is 9. The third-order valence-corrected chi connectivity index (χ3v) is 16.5. The number of unbranched alkanes of at least 4 members (excludes halogenated alkanes) is 3. The summed E-state index contributed by atoms with van der Waals surface area (Å²) in [6.45, 7) is 5.69. The quantitative estimate of drug-likeness (QED) is 0.0759. The molecule has 0 unspecified atom stereocenters. The predicted molar refractivity (Wildman–Crippen MR) is 306 cm³/mol. The highest BCUT2D eigenvalue weighted by molar-refractivity contribution is 5.97. The molecule has 12 heteroatoms. The zero-order chi connectivity index (χ0) is 53.7. The van der Waals surface area contributed by atoms with E-state index in [0.29, 0.717) is 42.9 Å². The molecule has 0 bridgehead atoms. The first-order chi connectivity index (χ1) is 38.9. The highest BCUT2D eigenvalue weighted by Crippen LogP contribution is 2.48. The van der Waals surface area contributed by atoms with E-state index in [1.165, 1.54) is 75.3 Å². The van der Waals surface area contributed by atoms with Gasteiger partial charge in [-0.05, 0) is 123 Å². The molecule has 2 aromatic heterocycles. The van der Waals surface area contributed by atoms with E-state index in [9.17, 15) is 9.90 Å². The van der Waals surface area contributed by atoms with Crippen molar-refractivity contribution in [3.63, 3.8) is 0 Å². The molecule has 2 N–H and O–H groups in total. The van der Waals surface area contributed by atoms with E-state index < -0.39 is 0 Å². The second-order valence-electron chi connectivity index (χ2n) is 21.7. The molecular weight excluding hydrogens is 985 g/mol. The smallest absolute Gasteiger partial charge is 0.373 e. The number of rotatable bonds is 15. The zero-order valence-electron chi connectivity index (χ0n) is 44.9. The Balaban J connectivity index is 0.00000203. The van der Waals surface area contributed by atoms with Gasteiger partial charge in [0.15, 0.2) is 5.65 Å². The first-order valence-corrected chi connectivity index (χ1v) is 28.6. The summed E-state index contributed by atoms with van der Waals surface area (Å²) in [5.74, 6) is 2.99. The minimum absolute atomic E-state index is 0.0308. The largest absolute Gasteiger partial charge is 0.494 e. The number of hydrogen-bond donors (Lipinski definition) is 2. The number of imidazole rings is 1. The fourth-order valence-corrected chi connectivity index (χ4v) is 12.9. The molecule has 5 aliphatic rings. The van der Waals surface area contributed by atoms with Crippen molar-refractivity contribution in [2.75, 3.05) is 44.2 Å². The van der Waals surface area contributed by atoms with Crippen molar-refractivity contribution in [1.29, 1.82) is 0 Å². The topological polar surface area (TPSA) is 138 Å². The number of benzene rings is 6. The van der Waals surface area contributed by atoms with Crippen LogP contribution in [0.5, 0.6) is 23.1 Å². The molecule has 5 aliphatic heterocycles. The summed E-state index contributed by atoms with van der Waals surface area (Å²) >= 11 is 0. The van der Waals surface area contributed by atoms with E-state index in [4.69, 9.17) is 29.0 Å². The number of nitrogens with one attached hydrogen (secondary N) is 1. The number of anilines is 1. The van der Waals surface area contributed by atoms with Gasteiger partial charge in [0.05, 0.1) is 23.6 Å². The van der Waals surface area contributed by atoms with Gasteiger partial charge in [-0.1, -0.05) is 97.8 Å². The van der Waals surface area contributed by atoms with Crippen LogP contribution in [0.15, 0.2) is 128 Å². The molecule has 0 radical (unpaired) electrons. The van der Waals surface area contributed by atoms with E-state index in [0.717, 1.165) is 141 Å². The molecular formula is C67H67N6O6+. The Hall–Kier alpha value is -8.34. The van der Waals surface area contributed by atoms with Crippen LogP contribution in [0.3, 0.4) is 0 Å². The van der Waals surface area contributed by atoms with Crippen molar-refractivity contribution < 1.29 is 29.0 Å². The SMILES string of the molecule is O=C(NCCCCCCOc1cccc(Cc2nc3c(Cc4ccccc4)nc(-c4ccccc4)cn3c2O)c1)c1cccc(C2=c3cc4c5c(c3Oc3c2cc2c6c3CCCN6CCCC2)CCC[N+]=5CCCC4)c1.O=C=O. The monoisotopic (exact) mass is 1050 g/mol. The van der Waals surface area contributed by atoms with Crippen LogP contribution in [0, 0.1) is 0 Å². The summed E-state index contributed by atoms with van der Waals surface area (Å²) in [5.41, 5.74) is 17.3. The lowest BCUT2D eigenvalue weighted by Crippen LogP contribution is -2.41. The molecule has 13 rings (SSSR count). The normalized spacial score (nSPS) is 15.0. The van der Waals surface area contributed by atoms with Crippen LogP contribution in [0.4, 0.5) is 5.69 Å². The van der Waals surface area contributed by atoms with Gasteiger partial charge < -0.3 is 24.8 Å². The second-order valence-corrected chi connectivity index (χ2v) is 21.7. The van der Waals surface area contributed by atoms with Crippen LogP contribution in [0.25, 0.3) is 22.5 Å². The van der Waals surface area contributed by atoms with Crippen LogP contribution in [0.2, 0.25) is 0 Å². The lowest BCUT2D eigenvalue weighted by molar-refractivity contribution is -0.191. The van der Waals surface area contributed by atoms with Crippen molar-refractivity contribution in [3.05, 3.63) is 200 Å². The summed E-state index contributed by atoms with van der Waals surface area (Å²) in [6, 6.07) is 41.7. The summed E-state index contributed by atoms with van der Waals surface area (Å²) in [6.07, 6.45) is 18.3. The third-order valence-electron chi connectivity index (χ3n) is 16.5. The van der Waals surface area contributed by atoms with Gasteiger partial charge >= 0.3 is 6.15 Å². The Morgan fingerprint density at radius 2 is 1.42 bits per heavy atom. The van der Waals surface area contributed by atoms with Gasteiger partial charge in [0.1, 0.15) is 36.0 Å². The van der Waals surface area contributed by atoms with Gasteiger partial charge in [0.2, 0.25) is 11.2 Å². The van der Waals surface area contributed by atoms with Crippen LogP contribution in [0.1, 0.15) is 130 Å². The maximum Gasteiger partial charge on any atom is 0.373 e. The van der Waals surface area contributed by atoms with Gasteiger partial charge in [0, 0.05) is 95.8 Å². The van der Waals surface area contributed by atoms with Crippen molar-refractivity contribution in [1.82, 2.24) is 24.3 Å². The molecule has 8 aromatic rings. The number of fused-ring (bicyclic) bond motifs is 5. The second kappa shape index (κ2) is 23.3. The fraction of sp³-hybridized carbons (Fsp3) is 0.328. The molecule has 0 saturated carbocycles. The van der Waals surface area contributed by atoms with E-state index in [2.05, 4.69) is 57.3 Å². The zero-order valence-corrected chi connectivity index (χ0v) is 44.9. The Labute approximate surface area is 461 Å². The molecule has 0 saturated heterocycles. The highest BCUT2D eigenvalue weighted by atomic mass is 16.5. The van der Waals surface area contributed by atoms with E-state index in [1.54, 1.807) is 4.40 Å². The summed E-state index contributed by atoms with van der Waals surface area (Å²) in [5, 5.41) is 17.5. The maximum atomic E-state index is 14.0. The van der Waals surface area contributed by atoms with Crippen LogP contribution >= 0.6 is 0 Å². The maximum absolute atomic E-state index is 14.0. The Bertz CT molecular complexity index is 3750. The molecule has 12 nitrogen and oxygen atoms in total. The van der Waals surface area contributed by atoms with Gasteiger partial charge in [-0.25, -0.2) is 14.5 Å². The molecule has 400 valence electrons. The standard InChI is InChI=1S/C66H66N6O4.CO2/c73-65(67-31-11-1-2-14-36-75-51-28-15-21-45(37-51)39-57-66(74)72-43-58(46-22-7-4-8-23-46)68-56(64(72)69-57)38-44-19-5-3-6-20-44)50-27-16-26-47(40-50)59-54-41-48-24-9-12-32-70-34-17-29-52(60(48)70)62(54)76-63-53-30-18-35-71-33-13-10-25-49(61(53)71)42-55(59)63;2-1-3/h3-8,15-16,19-23,26-28,37,40-43H,1-2,9-14,17-18,24-25,29-36,38-39H2,(H-,67,68,73,74);/p+1. The minimum Gasteiger partial charge on any atom is -0.494 e. The van der Waals surface area contributed by atoms with Gasteiger partial charge in [-0.2, -0.15) is 9.59 Å². The third kappa shape index (κ3) is 10.7.